The molecule has 0 heterocycles. The topological polar surface area (TPSA) is 91.6 Å². The maximum atomic E-state index is 13.4. The Balaban J connectivity index is 1.84. The van der Waals surface area contributed by atoms with Crippen molar-refractivity contribution in [3.8, 4) is 23.3 Å². The molecule has 3 rings (SSSR count). The summed E-state index contributed by atoms with van der Waals surface area (Å²) in [5.74, 6) is -0.0490. The molecule has 33 heavy (non-hydrogen) atoms. The Bertz CT molecular complexity index is 1220. The van der Waals surface area contributed by atoms with Gasteiger partial charge >= 0.3 is 0 Å². The van der Waals surface area contributed by atoms with E-state index in [1.165, 1.54) is 42.5 Å². The van der Waals surface area contributed by atoms with Crippen LogP contribution in [0.4, 0.5) is 10.1 Å². The number of carbonyl (C=O) groups excluding carboxylic acids is 1. The average molecular weight is 511 g/mol. The van der Waals surface area contributed by atoms with Gasteiger partial charge < -0.3 is 19.9 Å². The molecule has 0 unspecified atom stereocenters. The molecule has 0 spiro atoms. The molecule has 3 aromatic carbocycles. The highest BCUT2D eigenvalue weighted by molar-refractivity contribution is 9.10. The minimum absolute atomic E-state index is 0.0667. The largest absolute Gasteiger partial charge is 0.508 e. The van der Waals surface area contributed by atoms with Gasteiger partial charge in [-0.1, -0.05) is 12.1 Å². The van der Waals surface area contributed by atoms with E-state index in [0.717, 1.165) is 0 Å². The van der Waals surface area contributed by atoms with Crippen molar-refractivity contribution in [1.29, 1.82) is 5.26 Å². The van der Waals surface area contributed by atoms with Crippen molar-refractivity contribution in [1.82, 2.24) is 0 Å². The quantitative estimate of drug-likeness (QED) is 0.226. The van der Waals surface area contributed by atoms with Crippen LogP contribution in [0.15, 0.2) is 70.7 Å². The van der Waals surface area contributed by atoms with Crippen molar-refractivity contribution >= 4 is 33.6 Å². The first kappa shape index (κ1) is 23.8. The summed E-state index contributed by atoms with van der Waals surface area (Å²) in [6.45, 7) is 2.31. The lowest BCUT2D eigenvalue weighted by molar-refractivity contribution is -0.112. The molecule has 0 aromatic heterocycles. The second kappa shape index (κ2) is 11.2. The summed E-state index contributed by atoms with van der Waals surface area (Å²) < 4.78 is 25.5. The second-order valence-corrected chi connectivity index (χ2v) is 7.71. The second-order valence-electron chi connectivity index (χ2n) is 6.85. The summed E-state index contributed by atoms with van der Waals surface area (Å²) in [7, 11) is 0. The van der Waals surface area contributed by atoms with Gasteiger partial charge in [-0.3, -0.25) is 4.79 Å². The van der Waals surface area contributed by atoms with Gasteiger partial charge in [0, 0.05) is 5.69 Å². The Kier molecular flexibility index (Phi) is 8.06. The van der Waals surface area contributed by atoms with Crippen LogP contribution in [-0.4, -0.2) is 17.6 Å². The molecule has 8 heteroatoms. The maximum absolute atomic E-state index is 13.4. The van der Waals surface area contributed by atoms with Crippen LogP contribution in [0.2, 0.25) is 0 Å². The number of anilines is 1. The average Bonchev–Trinajstić information content (AvgIpc) is 2.78. The molecule has 6 nitrogen and oxygen atoms in total. The molecule has 168 valence electrons. The summed E-state index contributed by atoms with van der Waals surface area (Å²) in [5.41, 5.74) is 1.52. The van der Waals surface area contributed by atoms with Gasteiger partial charge in [0.15, 0.2) is 11.5 Å². The van der Waals surface area contributed by atoms with Gasteiger partial charge in [-0.2, -0.15) is 5.26 Å². The summed E-state index contributed by atoms with van der Waals surface area (Å²) in [6, 6.07) is 17.2. The highest BCUT2D eigenvalue weighted by Gasteiger charge is 2.15. The third kappa shape index (κ3) is 6.57. The molecule has 0 aliphatic heterocycles. The van der Waals surface area contributed by atoms with Crippen molar-refractivity contribution in [2.24, 2.45) is 0 Å². The van der Waals surface area contributed by atoms with Crippen LogP contribution in [-0.2, 0) is 11.4 Å². The fourth-order valence-corrected chi connectivity index (χ4v) is 3.49. The number of nitrogens with zero attached hydrogens (tertiary/aromatic N) is 1. The van der Waals surface area contributed by atoms with Crippen LogP contribution < -0.4 is 14.8 Å². The van der Waals surface area contributed by atoms with Crippen molar-refractivity contribution in [2.45, 2.75) is 13.5 Å². The molecule has 0 atom stereocenters. The zero-order valence-corrected chi connectivity index (χ0v) is 19.2. The molecule has 0 aliphatic rings. The van der Waals surface area contributed by atoms with Gasteiger partial charge in [-0.05, 0) is 88.6 Å². The molecule has 0 aliphatic carbocycles. The van der Waals surface area contributed by atoms with E-state index < -0.39 is 5.91 Å². The Morgan fingerprint density at radius 3 is 2.61 bits per heavy atom. The van der Waals surface area contributed by atoms with E-state index in [1.807, 2.05) is 13.0 Å². The lowest BCUT2D eigenvalue weighted by atomic mass is 10.1. The van der Waals surface area contributed by atoms with Gasteiger partial charge in [0.1, 0.15) is 29.8 Å². The first-order valence-electron chi connectivity index (χ1n) is 9.95. The molecule has 0 bridgehead atoms. The number of aromatic hydroxyl groups is 1. The van der Waals surface area contributed by atoms with E-state index >= 15 is 0 Å². The van der Waals surface area contributed by atoms with Crippen molar-refractivity contribution < 1.29 is 23.8 Å². The molecule has 0 radical (unpaired) electrons. The third-order valence-corrected chi connectivity index (χ3v) is 4.99. The Morgan fingerprint density at radius 2 is 1.94 bits per heavy atom. The Hall–Kier alpha value is -3.83. The summed E-state index contributed by atoms with van der Waals surface area (Å²) >= 11 is 3.45. The van der Waals surface area contributed by atoms with Crippen LogP contribution >= 0.6 is 15.9 Å². The van der Waals surface area contributed by atoms with Crippen molar-refractivity contribution in [3.63, 3.8) is 0 Å². The minimum Gasteiger partial charge on any atom is -0.508 e. The number of nitriles is 1. The zero-order chi connectivity index (χ0) is 23.8. The number of carbonyl (C=O) groups is 1. The zero-order valence-electron chi connectivity index (χ0n) is 17.6. The lowest BCUT2D eigenvalue weighted by Gasteiger charge is -2.15. The fourth-order valence-electron chi connectivity index (χ4n) is 2.91. The van der Waals surface area contributed by atoms with Crippen LogP contribution in [0, 0.1) is 17.1 Å². The minimum atomic E-state index is -0.594. The standard InChI is InChI=1S/C25H20BrFN2O4/c1-2-32-23-13-17(10-18(14-28)25(31)29-20-6-8-21(30)9-7-20)12-22(26)24(23)33-15-16-4-3-5-19(27)11-16/h3-13,30H,2,15H2,1H3,(H,29,31)/b18-10+. The number of halogens is 2. The van der Waals surface area contributed by atoms with E-state index in [9.17, 15) is 19.6 Å². The number of hydrogen-bond acceptors (Lipinski definition) is 5. The van der Waals surface area contributed by atoms with E-state index in [1.54, 1.807) is 24.3 Å². The van der Waals surface area contributed by atoms with Gasteiger partial charge in [-0.15, -0.1) is 0 Å². The summed E-state index contributed by atoms with van der Waals surface area (Å²) in [5, 5.41) is 21.5. The summed E-state index contributed by atoms with van der Waals surface area (Å²) in [6.07, 6.45) is 1.43. The number of benzene rings is 3. The van der Waals surface area contributed by atoms with Gasteiger partial charge in [-0.25, -0.2) is 4.39 Å². The van der Waals surface area contributed by atoms with Gasteiger partial charge in [0.05, 0.1) is 11.1 Å². The molecule has 0 fully saturated rings. The predicted molar refractivity (Wildman–Crippen MR) is 126 cm³/mol. The fraction of sp³-hybridized carbons (Fsp3) is 0.120. The van der Waals surface area contributed by atoms with Crippen molar-refractivity contribution in [3.05, 3.63) is 87.7 Å². The smallest absolute Gasteiger partial charge is 0.266 e. The molecular formula is C25H20BrFN2O4. The number of rotatable bonds is 8. The first-order chi connectivity index (χ1) is 15.9. The highest BCUT2D eigenvalue weighted by atomic mass is 79.9. The third-order valence-electron chi connectivity index (χ3n) is 4.41. The van der Waals surface area contributed by atoms with Crippen molar-refractivity contribution in [2.75, 3.05) is 11.9 Å². The molecule has 3 aromatic rings. The summed E-state index contributed by atoms with van der Waals surface area (Å²) in [4.78, 5) is 12.5. The maximum Gasteiger partial charge on any atom is 0.266 e. The Labute approximate surface area is 199 Å². The lowest BCUT2D eigenvalue weighted by Crippen LogP contribution is -2.13. The monoisotopic (exact) mass is 510 g/mol. The van der Waals surface area contributed by atoms with Crippen LogP contribution in [0.1, 0.15) is 18.1 Å². The number of phenolic OH excluding ortho intramolecular Hbond substituents is 1. The van der Waals surface area contributed by atoms with E-state index in [2.05, 4.69) is 21.2 Å². The molecular weight excluding hydrogens is 491 g/mol. The number of amides is 1. The Morgan fingerprint density at radius 1 is 1.18 bits per heavy atom. The van der Waals surface area contributed by atoms with Crippen LogP contribution in [0.5, 0.6) is 17.2 Å². The van der Waals surface area contributed by atoms with Gasteiger partial charge in [0.25, 0.3) is 5.91 Å². The van der Waals surface area contributed by atoms with E-state index in [4.69, 9.17) is 9.47 Å². The van der Waals surface area contributed by atoms with Crippen LogP contribution in [0.3, 0.4) is 0 Å². The number of hydrogen-bond donors (Lipinski definition) is 2. The normalized spacial score (nSPS) is 10.9. The molecule has 2 N–H and O–H groups in total. The predicted octanol–water partition coefficient (Wildman–Crippen LogP) is 5.82. The number of phenols is 1. The van der Waals surface area contributed by atoms with E-state index in [0.29, 0.717) is 39.4 Å². The first-order valence-corrected chi connectivity index (χ1v) is 10.7. The highest BCUT2D eigenvalue weighted by Crippen LogP contribution is 2.38. The van der Waals surface area contributed by atoms with E-state index in [-0.39, 0.29) is 23.7 Å². The number of ether oxygens (including phenoxy) is 2. The SMILES string of the molecule is CCOc1cc(/C=C(\C#N)C(=O)Nc2ccc(O)cc2)cc(Br)c1OCc1cccc(F)c1. The van der Waals surface area contributed by atoms with Gasteiger partial charge in [0.2, 0.25) is 0 Å². The molecule has 1 amide bonds. The van der Waals surface area contributed by atoms with Crippen LogP contribution in [0.25, 0.3) is 6.08 Å². The number of nitrogens with one attached hydrogen (secondary N) is 1. The molecule has 0 saturated heterocycles. The molecule has 0 saturated carbocycles.